The molecule has 0 radical (unpaired) electrons. The average molecular weight is 516 g/mol. The highest BCUT2D eigenvalue weighted by molar-refractivity contribution is 7.26. The molecule has 182 valence electrons. The van der Waals surface area contributed by atoms with Gasteiger partial charge in [-0.2, -0.15) is 0 Å². The van der Waals surface area contributed by atoms with Crippen molar-refractivity contribution in [1.29, 1.82) is 0 Å². The smallest absolute Gasteiger partial charge is 0.143 e. The number of para-hydroxylation sites is 3. The number of benzene rings is 6. The second-order valence-corrected chi connectivity index (χ2v) is 11.2. The summed E-state index contributed by atoms with van der Waals surface area (Å²) in [5, 5.41) is 7.62. The van der Waals surface area contributed by atoms with Gasteiger partial charge < -0.3 is 8.98 Å². The number of furan rings is 1. The van der Waals surface area contributed by atoms with E-state index in [0.717, 1.165) is 38.8 Å². The van der Waals surface area contributed by atoms with Crippen LogP contribution < -0.4 is 0 Å². The van der Waals surface area contributed by atoms with Gasteiger partial charge in [-0.25, -0.2) is 0 Å². The van der Waals surface area contributed by atoms with Gasteiger partial charge in [-0.05, 0) is 48.0 Å². The van der Waals surface area contributed by atoms with Crippen LogP contribution in [0.1, 0.15) is 0 Å². The van der Waals surface area contributed by atoms with Crippen molar-refractivity contribution in [2.24, 2.45) is 0 Å². The average Bonchev–Trinajstić information content (AvgIpc) is 3.66. The first-order chi connectivity index (χ1) is 19.3. The van der Waals surface area contributed by atoms with E-state index in [2.05, 4.69) is 120 Å². The SMILES string of the molecule is c1ccc2c(c1)oc1c(-c3ccc(-n4c5ccccc5c5c6c(ccc54)sc4ccccc46)cc3)cccc12. The zero-order valence-corrected chi connectivity index (χ0v) is 21.7. The Kier molecular flexibility index (Phi) is 4.24. The van der Waals surface area contributed by atoms with E-state index in [1.54, 1.807) is 0 Å². The van der Waals surface area contributed by atoms with Crippen molar-refractivity contribution < 1.29 is 4.42 Å². The topological polar surface area (TPSA) is 18.1 Å². The standard InChI is InChI=1S/C36H21NOS/c1-4-13-29-27(9-1)34-30(20-21-33-35(34)28-10-3-6-15-32(28)39-33)37(29)23-18-16-22(17-19-23)24-11-7-12-26-25-8-2-5-14-31(25)38-36(24)26/h1-21H. The molecule has 3 heterocycles. The maximum absolute atomic E-state index is 6.32. The molecule has 0 N–H and O–H groups in total. The number of hydrogen-bond acceptors (Lipinski definition) is 2. The highest BCUT2D eigenvalue weighted by Crippen LogP contribution is 2.43. The lowest BCUT2D eigenvalue weighted by Crippen LogP contribution is -1.93. The van der Waals surface area contributed by atoms with Gasteiger partial charge >= 0.3 is 0 Å². The zero-order chi connectivity index (χ0) is 25.5. The summed E-state index contributed by atoms with van der Waals surface area (Å²) in [6, 6.07) is 45.7. The Labute approximate surface area is 227 Å². The zero-order valence-electron chi connectivity index (χ0n) is 20.9. The van der Waals surface area contributed by atoms with Crippen LogP contribution in [0.4, 0.5) is 0 Å². The van der Waals surface area contributed by atoms with Crippen LogP contribution >= 0.6 is 11.3 Å². The Hall–Kier alpha value is -4.86. The maximum Gasteiger partial charge on any atom is 0.143 e. The Balaban J connectivity index is 1.28. The maximum atomic E-state index is 6.32. The molecule has 3 aromatic heterocycles. The summed E-state index contributed by atoms with van der Waals surface area (Å²) in [6.07, 6.45) is 0. The van der Waals surface area contributed by atoms with Crippen molar-refractivity contribution in [1.82, 2.24) is 4.57 Å². The quantitative estimate of drug-likeness (QED) is 0.224. The van der Waals surface area contributed by atoms with E-state index >= 15 is 0 Å². The first-order valence-corrected chi connectivity index (χ1v) is 14.0. The first-order valence-electron chi connectivity index (χ1n) is 13.2. The molecule has 9 aromatic rings. The van der Waals surface area contributed by atoms with Crippen LogP contribution in [0.25, 0.3) is 80.7 Å². The summed E-state index contributed by atoms with van der Waals surface area (Å²) in [7, 11) is 0. The Morgan fingerprint density at radius 1 is 0.487 bits per heavy atom. The molecule has 0 spiro atoms. The summed E-state index contributed by atoms with van der Waals surface area (Å²) < 4.78 is 11.4. The molecule has 0 aliphatic rings. The minimum atomic E-state index is 0.925. The van der Waals surface area contributed by atoms with E-state index < -0.39 is 0 Å². The van der Waals surface area contributed by atoms with E-state index in [1.807, 2.05) is 23.5 Å². The lowest BCUT2D eigenvalue weighted by Gasteiger charge is -2.10. The monoisotopic (exact) mass is 515 g/mol. The second-order valence-electron chi connectivity index (χ2n) is 10.1. The minimum Gasteiger partial charge on any atom is -0.455 e. The molecule has 0 saturated heterocycles. The number of rotatable bonds is 2. The predicted octanol–water partition coefficient (Wildman–Crippen LogP) is 10.7. The predicted molar refractivity (Wildman–Crippen MR) is 166 cm³/mol. The number of fused-ring (bicyclic) bond motifs is 10. The molecule has 0 bridgehead atoms. The normalized spacial score (nSPS) is 12.1. The molecular weight excluding hydrogens is 494 g/mol. The van der Waals surface area contributed by atoms with Gasteiger partial charge in [0.25, 0.3) is 0 Å². The van der Waals surface area contributed by atoms with Gasteiger partial charge in [-0.15, -0.1) is 11.3 Å². The molecule has 0 fully saturated rings. The van der Waals surface area contributed by atoms with Crippen LogP contribution in [0.2, 0.25) is 0 Å². The van der Waals surface area contributed by atoms with Crippen molar-refractivity contribution in [3.63, 3.8) is 0 Å². The lowest BCUT2D eigenvalue weighted by molar-refractivity contribution is 0.670. The highest BCUT2D eigenvalue weighted by atomic mass is 32.1. The van der Waals surface area contributed by atoms with Crippen molar-refractivity contribution in [3.8, 4) is 16.8 Å². The summed E-state index contributed by atoms with van der Waals surface area (Å²) >= 11 is 1.87. The van der Waals surface area contributed by atoms with E-state index in [4.69, 9.17) is 4.42 Å². The van der Waals surface area contributed by atoms with E-state index in [-0.39, 0.29) is 0 Å². The summed E-state index contributed by atoms with van der Waals surface area (Å²) in [6.45, 7) is 0. The molecule has 0 saturated carbocycles. The van der Waals surface area contributed by atoms with Crippen molar-refractivity contribution in [3.05, 3.63) is 127 Å². The number of hydrogen-bond donors (Lipinski definition) is 0. The second kappa shape index (κ2) is 7.83. The van der Waals surface area contributed by atoms with Gasteiger partial charge in [-0.3, -0.25) is 0 Å². The molecule has 0 aliphatic heterocycles. The summed E-state index contributed by atoms with van der Waals surface area (Å²) in [4.78, 5) is 0. The van der Waals surface area contributed by atoms with Crippen LogP contribution in [0, 0.1) is 0 Å². The van der Waals surface area contributed by atoms with Gasteiger partial charge in [0, 0.05) is 53.0 Å². The molecule has 39 heavy (non-hydrogen) atoms. The van der Waals surface area contributed by atoms with Crippen LogP contribution in [0.3, 0.4) is 0 Å². The summed E-state index contributed by atoms with van der Waals surface area (Å²) in [5.41, 5.74) is 7.74. The Morgan fingerprint density at radius 3 is 2.13 bits per heavy atom. The molecular formula is C36H21NOS. The van der Waals surface area contributed by atoms with Crippen LogP contribution in [0.15, 0.2) is 132 Å². The molecule has 0 atom stereocenters. The fourth-order valence-electron chi connectivity index (χ4n) is 6.32. The number of thiophene rings is 1. The largest absolute Gasteiger partial charge is 0.455 e. The number of nitrogens with zero attached hydrogens (tertiary/aromatic N) is 1. The molecule has 3 heteroatoms. The third kappa shape index (κ3) is 2.91. The van der Waals surface area contributed by atoms with Crippen molar-refractivity contribution >= 4 is 75.3 Å². The van der Waals surface area contributed by atoms with Gasteiger partial charge in [-0.1, -0.05) is 84.9 Å². The van der Waals surface area contributed by atoms with Gasteiger partial charge in [0.2, 0.25) is 0 Å². The Bertz CT molecular complexity index is 2380. The lowest BCUT2D eigenvalue weighted by atomic mass is 10.0. The molecule has 6 aromatic carbocycles. The fourth-order valence-corrected chi connectivity index (χ4v) is 7.43. The molecule has 2 nitrogen and oxygen atoms in total. The van der Waals surface area contributed by atoms with Gasteiger partial charge in [0.05, 0.1) is 11.0 Å². The molecule has 0 aliphatic carbocycles. The van der Waals surface area contributed by atoms with E-state index in [9.17, 15) is 0 Å². The van der Waals surface area contributed by atoms with Gasteiger partial charge in [0.1, 0.15) is 11.2 Å². The number of aromatic nitrogens is 1. The Morgan fingerprint density at radius 2 is 1.23 bits per heavy atom. The van der Waals surface area contributed by atoms with Gasteiger partial charge in [0.15, 0.2) is 0 Å². The van der Waals surface area contributed by atoms with Crippen LogP contribution in [-0.2, 0) is 0 Å². The van der Waals surface area contributed by atoms with Crippen molar-refractivity contribution in [2.45, 2.75) is 0 Å². The fraction of sp³-hybridized carbons (Fsp3) is 0. The molecule has 9 rings (SSSR count). The van der Waals surface area contributed by atoms with Crippen LogP contribution in [0.5, 0.6) is 0 Å². The van der Waals surface area contributed by atoms with Crippen LogP contribution in [-0.4, -0.2) is 4.57 Å². The molecule has 0 amide bonds. The summed E-state index contributed by atoms with van der Waals surface area (Å²) in [5.74, 6) is 0. The minimum absolute atomic E-state index is 0.925. The highest BCUT2D eigenvalue weighted by Gasteiger charge is 2.18. The van der Waals surface area contributed by atoms with Crippen molar-refractivity contribution in [2.75, 3.05) is 0 Å². The third-order valence-corrected chi connectivity index (χ3v) is 9.15. The first kappa shape index (κ1) is 21.1. The van der Waals surface area contributed by atoms with E-state index in [0.29, 0.717) is 0 Å². The molecule has 0 unspecified atom stereocenters. The van der Waals surface area contributed by atoms with E-state index in [1.165, 1.54) is 42.0 Å². The third-order valence-electron chi connectivity index (χ3n) is 8.02.